The summed E-state index contributed by atoms with van der Waals surface area (Å²) in [7, 11) is 0. The highest BCUT2D eigenvalue weighted by atomic mass is 32.2. The lowest BCUT2D eigenvalue weighted by atomic mass is 9.82. The van der Waals surface area contributed by atoms with E-state index in [1.165, 1.54) is 4.90 Å². The highest BCUT2D eigenvalue weighted by Crippen LogP contribution is 2.41. The number of ether oxygens (including phenoxy) is 1. The summed E-state index contributed by atoms with van der Waals surface area (Å²) < 4.78 is 36.6. The van der Waals surface area contributed by atoms with E-state index in [2.05, 4.69) is 10.6 Å². The van der Waals surface area contributed by atoms with Crippen LogP contribution in [0.3, 0.4) is 0 Å². The molecule has 1 heterocycles. The smallest absolute Gasteiger partial charge is 0.321 e. The zero-order valence-corrected chi connectivity index (χ0v) is 33.0. The van der Waals surface area contributed by atoms with E-state index in [1.54, 1.807) is 12.3 Å². The van der Waals surface area contributed by atoms with Gasteiger partial charge in [0.1, 0.15) is 24.3 Å². The number of nitrogens with two attached hydrogens (primary N) is 2. The molecule has 2 aromatic carbocycles. The van der Waals surface area contributed by atoms with E-state index in [0.29, 0.717) is 17.8 Å². The third-order valence-electron chi connectivity index (χ3n) is 8.79. The van der Waals surface area contributed by atoms with E-state index in [0.717, 1.165) is 35.5 Å². The molecular weight excluding hydrogens is 767 g/mol. The second-order valence-corrected chi connectivity index (χ2v) is 15.6. The number of carbonyl (C=O) groups excluding carboxylic acids is 3. The number of thioether (sulfide) groups is 1. The van der Waals surface area contributed by atoms with Crippen molar-refractivity contribution < 1.29 is 52.8 Å². The minimum absolute atomic E-state index is 0.00864. The monoisotopic (exact) mass is 818 g/mol. The number of carboxylic acids is 2. The molecule has 4 atom stereocenters. The summed E-state index contributed by atoms with van der Waals surface area (Å²) in [6.07, 6.45) is 1.18. The third-order valence-corrected chi connectivity index (χ3v) is 10.1. The maximum Gasteiger partial charge on any atom is 0.321 e. The SMILES string of the molecule is CC(C)(C)[C@H](c1cc(-c2cc(F)ccc2F)cn1Cc1ccccc1)N(CC[C@H](N)C(=O)NCCOCCNC(=O)C(CC(=O)O)SCC(N)C(=O)O)C(=O)CO. The molecule has 1 aromatic heterocycles. The fourth-order valence-corrected chi connectivity index (χ4v) is 7.10. The van der Waals surface area contributed by atoms with Crippen LogP contribution in [0.15, 0.2) is 60.8 Å². The van der Waals surface area contributed by atoms with Crippen LogP contribution in [-0.4, -0.2) is 117 Å². The number of benzene rings is 2. The van der Waals surface area contributed by atoms with Gasteiger partial charge >= 0.3 is 11.9 Å². The number of nitrogens with zero attached hydrogens (tertiary/aromatic N) is 2. The summed E-state index contributed by atoms with van der Waals surface area (Å²) >= 11 is 0.826. The van der Waals surface area contributed by atoms with Crippen LogP contribution in [0, 0.1) is 17.0 Å². The van der Waals surface area contributed by atoms with Gasteiger partial charge in [0, 0.05) is 54.9 Å². The number of hydrogen-bond acceptors (Lipinski definition) is 10. The van der Waals surface area contributed by atoms with Gasteiger partial charge in [-0.05, 0) is 41.7 Å². The van der Waals surface area contributed by atoms with Crippen LogP contribution < -0.4 is 22.1 Å². The van der Waals surface area contributed by atoms with Crippen LogP contribution in [-0.2, 0) is 35.3 Å². The highest BCUT2D eigenvalue weighted by Gasteiger charge is 2.37. The topological polar surface area (TPSA) is 240 Å². The Morgan fingerprint density at radius 3 is 2.18 bits per heavy atom. The van der Waals surface area contributed by atoms with E-state index < -0.39 is 83.1 Å². The minimum atomic E-state index is -1.27. The molecule has 0 bridgehead atoms. The minimum Gasteiger partial charge on any atom is -0.481 e. The summed E-state index contributed by atoms with van der Waals surface area (Å²) in [5, 5.41) is 32.2. The molecule has 312 valence electrons. The number of carboxylic acid groups (broad SMARTS) is 2. The number of halogens is 2. The molecule has 3 rings (SSSR count). The van der Waals surface area contributed by atoms with Gasteiger partial charge in [-0.25, -0.2) is 8.78 Å². The molecule has 0 radical (unpaired) electrons. The van der Waals surface area contributed by atoms with E-state index in [4.69, 9.17) is 26.4 Å². The van der Waals surface area contributed by atoms with E-state index in [-0.39, 0.29) is 50.6 Å². The molecule has 0 saturated carbocycles. The zero-order chi connectivity index (χ0) is 42.3. The second kappa shape index (κ2) is 22.2. The zero-order valence-electron chi connectivity index (χ0n) is 32.2. The largest absolute Gasteiger partial charge is 0.481 e. The predicted molar refractivity (Wildman–Crippen MR) is 210 cm³/mol. The molecule has 3 amide bonds. The maximum atomic E-state index is 15.0. The summed E-state index contributed by atoms with van der Waals surface area (Å²) in [6.45, 7) is 5.34. The van der Waals surface area contributed by atoms with Crippen molar-refractivity contribution in [1.29, 1.82) is 0 Å². The van der Waals surface area contributed by atoms with Crippen molar-refractivity contribution in [2.75, 3.05) is 45.2 Å². The van der Waals surface area contributed by atoms with Gasteiger partial charge < -0.3 is 51.6 Å². The molecule has 0 fully saturated rings. The fourth-order valence-electron chi connectivity index (χ4n) is 6.03. The van der Waals surface area contributed by atoms with Gasteiger partial charge in [-0.3, -0.25) is 24.0 Å². The lowest BCUT2D eigenvalue weighted by molar-refractivity contribution is -0.140. The number of nitrogens with one attached hydrogen (secondary N) is 2. The van der Waals surface area contributed by atoms with Crippen molar-refractivity contribution in [3.05, 3.63) is 83.7 Å². The molecule has 2 unspecified atom stereocenters. The summed E-state index contributed by atoms with van der Waals surface area (Å²) in [5.74, 6) is -5.66. The van der Waals surface area contributed by atoms with Crippen LogP contribution in [0.5, 0.6) is 0 Å². The van der Waals surface area contributed by atoms with Crippen LogP contribution in [0.1, 0.15) is 50.9 Å². The summed E-state index contributed by atoms with van der Waals surface area (Å²) in [6, 6.07) is 11.3. The van der Waals surface area contributed by atoms with Crippen molar-refractivity contribution in [3.8, 4) is 11.1 Å². The fraction of sp³-hybridized carbons (Fsp3) is 0.462. The molecular formula is C39H52F2N6O9S. The van der Waals surface area contributed by atoms with Crippen molar-refractivity contribution in [2.45, 2.75) is 63.5 Å². The Labute approximate surface area is 334 Å². The van der Waals surface area contributed by atoms with E-state index in [1.807, 2.05) is 55.7 Å². The number of carbonyl (C=O) groups is 5. The standard InChI is InChI=1S/C39H52F2N6O9S/c1-39(2,3)35(31-17-25(27-18-26(40)9-10-28(27)41)21-46(31)20-24-7-5-4-6-8-24)47(33(49)22-48)14-11-29(42)36(52)44-12-15-56-16-13-45-37(53)32(19-34(50)51)57-23-30(43)38(54)55/h4-10,17-18,21,29-30,32,35,48H,11-16,19-20,22-23,42-43H2,1-3H3,(H,44,52)(H,45,53)(H,50,51)(H,54,55)/t29-,30?,32?,35-/m0/s1. The Bertz CT molecular complexity index is 1820. The highest BCUT2D eigenvalue weighted by molar-refractivity contribution is 8.00. The van der Waals surface area contributed by atoms with Gasteiger partial charge in [-0.2, -0.15) is 0 Å². The molecule has 0 aliphatic carbocycles. The lowest BCUT2D eigenvalue weighted by Gasteiger charge is -2.41. The Hall–Kier alpha value is -4.88. The molecule has 0 spiro atoms. The molecule has 15 nitrogen and oxygen atoms in total. The van der Waals surface area contributed by atoms with Gasteiger partial charge in [0.25, 0.3) is 0 Å². The first kappa shape index (κ1) is 46.5. The first-order valence-corrected chi connectivity index (χ1v) is 19.3. The van der Waals surface area contributed by atoms with Crippen molar-refractivity contribution in [1.82, 2.24) is 20.1 Å². The average molecular weight is 819 g/mol. The van der Waals surface area contributed by atoms with E-state index >= 15 is 4.39 Å². The van der Waals surface area contributed by atoms with Crippen LogP contribution in [0.4, 0.5) is 8.78 Å². The van der Waals surface area contributed by atoms with Crippen molar-refractivity contribution >= 4 is 41.4 Å². The second-order valence-electron chi connectivity index (χ2n) is 14.4. The average Bonchev–Trinajstić information content (AvgIpc) is 3.56. The van der Waals surface area contributed by atoms with Gasteiger partial charge in [-0.15, -0.1) is 11.8 Å². The van der Waals surface area contributed by atoms with Gasteiger partial charge in [0.2, 0.25) is 17.7 Å². The number of aliphatic hydroxyl groups excluding tert-OH is 1. The Balaban J connectivity index is 1.64. The number of rotatable bonds is 23. The van der Waals surface area contributed by atoms with E-state index in [9.17, 15) is 33.5 Å². The summed E-state index contributed by atoms with van der Waals surface area (Å²) in [5.41, 5.74) is 13.0. The quantitative estimate of drug-likeness (QED) is 0.0683. The first-order valence-electron chi connectivity index (χ1n) is 18.2. The van der Waals surface area contributed by atoms with Crippen LogP contribution in [0.25, 0.3) is 11.1 Å². The van der Waals surface area contributed by atoms with Crippen LogP contribution >= 0.6 is 11.8 Å². The Morgan fingerprint density at radius 1 is 0.930 bits per heavy atom. The van der Waals surface area contributed by atoms with Crippen molar-refractivity contribution in [3.63, 3.8) is 0 Å². The van der Waals surface area contributed by atoms with Crippen LogP contribution in [0.2, 0.25) is 0 Å². The number of aromatic nitrogens is 1. The lowest BCUT2D eigenvalue weighted by Crippen LogP contribution is -2.48. The molecule has 18 heteroatoms. The molecule has 0 aliphatic rings. The molecule has 57 heavy (non-hydrogen) atoms. The predicted octanol–water partition coefficient (Wildman–Crippen LogP) is 2.34. The van der Waals surface area contributed by atoms with Gasteiger partial charge in [0.05, 0.1) is 37.0 Å². The Morgan fingerprint density at radius 2 is 1.58 bits per heavy atom. The summed E-state index contributed by atoms with van der Waals surface area (Å²) in [4.78, 5) is 62.4. The molecule has 9 N–H and O–H groups in total. The van der Waals surface area contributed by atoms with Crippen molar-refractivity contribution in [2.24, 2.45) is 16.9 Å². The number of aliphatic carboxylic acids is 2. The maximum absolute atomic E-state index is 15.0. The molecule has 3 aromatic rings. The molecule has 0 saturated heterocycles. The molecule has 0 aliphatic heterocycles. The Kier molecular flexibility index (Phi) is 18.1. The van der Waals surface area contributed by atoms with Gasteiger partial charge in [-0.1, -0.05) is 51.1 Å². The number of aliphatic hydroxyl groups is 1. The number of amides is 3. The van der Waals surface area contributed by atoms with Gasteiger partial charge in [0.15, 0.2) is 0 Å². The third kappa shape index (κ3) is 14.5. The first-order chi connectivity index (χ1) is 26.9. The number of hydrogen-bond donors (Lipinski definition) is 7. The normalized spacial score (nSPS) is 13.6.